The second kappa shape index (κ2) is 8.32. The van der Waals surface area contributed by atoms with Crippen molar-refractivity contribution in [2.75, 3.05) is 0 Å². The fraction of sp³-hybridized carbons (Fsp3) is 0.667. The van der Waals surface area contributed by atoms with Crippen LogP contribution in [-0.2, 0) is 0 Å². The van der Waals surface area contributed by atoms with E-state index in [2.05, 4.69) is 19.1 Å². The number of unbranched alkanes of at least 4 members (excludes halogenated alkanes) is 3. The van der Waals surface area contributed by atoms with Crippen molar-refractivity contribution >= 4 is 0 Å². The molecule has 0 atom stereocenters. The van der Waals surface area contributed by atoms with E-state index in [-0.39, 0.29) is 0 Å². The molecule has 2 heteroatoms. The molecule has 0 aliphatic carbocycles. The third kappa shape index (κ3) is 4.67. The Morgan fingerprint density at radius 3 is 2.00 bits per heavy atom. The summed E-state index contributed by atoms with van der Waals surface area (Å²) in [5.41, 5.74) is 1.34. The van der Waals surface area contributed by atoms with E-state index in [0.717, 1.165) is 19.3 Å². The van der Waals surface area contributed by atoms with Crippen LogP contribution in [0.3, 0.4) is 0 Å². The van der Waals surface area contributed by atoms with E-state index in [1.54, 1.807) is 0 Å². The Hall–Kier alpha value is -1.28. The van der Waals surface area contributed by atoms with Gasteiger partial charge in [-0.15, -0.1) is 0 Å². The fourth-order valence-electron chi connectivity index (χ4n) is 1.36. The van der Waals surface area contributed by atoms with E-state index in [1.807, 2.05) is 6.92 Å². The van der Waals surface area contributed by atoms with Crippen LogP contribution in [0.5, 0.6) is 0 Å². The zero-order chi connectivity index (χ0) is 10.8. The fourth-order valence-corrected chi connectivity index (χ4v) is 1.36. The quantitative estimate of drug-likeness (QED) is 0.473. The standard InChI is InChI=1S/C12H18N2/c1-3-5-6-7-8-12(10-14)11(4-2)9-13/h3-8H2,1-2H3/b12-11-. The highest BCUT2D eigenvalue weighted by atomic mass is 14.3. The molecule has 0 N–H and O–H groups in total. The van der Waals surface area contributed by atoms with Crippen molar-refractivity contribution in [3.63, 3.8) is 0 Å². The number of hydrogen-bond acceptors (Lipinski definition) is 2. The molecule has 0 unspecified atom stereocenters. The molecule has 0 heterocycles. The lowest BCUT2D eigenvalue weighted by atomic mass is 10.0. The van der Waals surface area contributed by atoms with Gasteiger partial charge < -0.3 is 0 Å². The molecule has 0 aromatic carbocycles. The normalized spacial score (nSPS) is 11.4. The summed E-state index contributed by atoms with van der Waals surface area (Å²) in [5, 5.41) is 17.6. The summed E-state index contributed by atoms with van der Waals surface area (Å²) >= 11 is 0. The summed E-state index contributed by atoms with van der Waals surface area (Å²) in [5.74, 6) is 0. The van der Waals surface area contributed by atoms with Crippen LogP contribution in [-0.4, -0.2) is 0 Å². The number of allylic oxidation sites excluding steroid dienone is 2. The summed E-state index contributed by atoms with van der Waals surface area (Å²) in [4.78, 5) is 0. The van der Waals surface area contributed by atoms with Crippen LogP contribution < -0.4 is 0 Å². The van der Waals surface area contributed by atoms with Crippen LogP contribution in [0.2, 0.25) is 0 Å². The maximum atomic E-state index is 8.86. The van der Waals surface area contributed by atoms with Gasteiger partial charge in [0.1, 0.15) is 0 Å². The van der Waals surface area contributed by atoms with Crippen LogP contribution in [0, 0.1) is 22.7 Å². The highest BCUT2D eigenvalue weighted by Gasteiger charge is 2.03. The number of nitriles is 2. The van der Waals surface area contributed by atoms with E-state index in [0.29, 0.717) is 17.6 Å². The molecule has 0 fully saturated rings. The van der Waals surface area contributed by atoms with Crippen molar-refractivity contribution in [3.05, 3.63) is 11.1 Å². The summed E-state index contributed by atoms with van der Waals surface area (Å²) in [6, 6.07) is 4.24. The minimum atomic E-state index is 0.656. The predicted octanol–water partition coefficient (Wildman–Crippen LogP) is 3.71. The molecule has 2 nitrogen and oxygen atoms in total. The van der Waals surface area contributed by atoms with Crippen molar-refractivity contribution in [1.82, 2.24) is 0 Å². The van der Waals surface area contributed by atoms with E-state index < -0.39 is 0 Å². The van der Waals surface area contributed by atoms with Crippen molar-refractivity contribution in [1.29, 1.82) is 10.5 Å². The van der Waals surface area contributed by atoms with Crippen LogP contribution in [0.4, 0.5) is 0 Å². The van der Waals surface area contributed by atoms with Crippen molar-refractivity contribution < 1.29 is 0 Å². The number of rotatable bonds is 6. The Labute approximate surface area is 86.8 Å². The van der Waals surface area contributed by atoms with Gasteiger partial charge in [0, 0.05) is 11.1 Å². The first-order chi connectivity index (χ1) is 6.79. The van der Waals surface area contributed by atoms with E-state index >= 15 is 0 Å². The third-order valence-corrected chi connectivity index (χ3v) is 2.27. The van der Waals surface area contributed by atoms with E-state index in [1.165, 1.54) is 12.8 Å². The molecule has 76 valence electrons. The van der Waals surface area contributed by atoms with Crippen molar-refractivity contribution in [2.24, 2.45) is 0 Å². The molecule has 0 radical (unpaired) electrons. The lowest BCUT2D eigenvalue weighted by Crippen LogP contribution is -1.88. The Kier molecular flexibility index (Phi) is 7.56. The zero-order valence-electron chi connectivity index (χ0n) is 9.14. The van der Waals surface area contributed by atoms with Crippen LogP contribution in [0.25, 0.3) is 0 Å². The van der Waals surface area contributed by atoms with Gasteiger partial charge in [0.25, 0.3) is 0 Å². The Balaban J connectivity index is 4.11. The number of hydrogen-bond donors (Lipinski definition) is 0. The number of nitrogens with zero attached hydrogens (tertiary/aromatic N) is 2. The first-order valence-corrected chi connectivity index (χ1v) is 5.32. The predicted molar refractivity (Wildman–Crippen MR) is 57.3 cm³/mol. The summed E-state index contributed by atoms with van der Waals surface area (Å²) in [6.45, 7) is 4.08. The maximum absolute atomic E-state index is 8.86. The molecule has 0 saturated heterocycles. The van der Waals surface area contributed by atoms with E-state index in [9.17, 15) is 0 Å². The summed E-state index contributed by atoms with van der Waals surface area (Å²) in [7, 11) is 0. The Morgan fingerprint density at radius 1 is 0.929 bits per heavy atom. The molecule has 0 amide bonds. The van der Waals surface area contributed by atoms with Gasteiger partial charge in [0.05, 0.1) is 12.1 Å². The minimum absolute atomic E-state index is 0.656. The van der Waals surface area contributed by atoms with Crippen LogP contribution >= 0.6 is 0 Å². The molecule has 0 saturated carbocycles. The van der Waals surface area contributed by atoms with Gasteiger partial charge in [-0.25, -0.2) is 0 Å². The molecular weight excluding hydrogens is 172 g/mol. The summed E-state index contributed by atoms with van der Waals surface area (Å²) in [6.07, 6.45) is 6.05. The zero-order valence-corrected chi connectivity index (χ0v) is 9.14. The average Bonchev–Trinajstić information content (AvgIpc) is 2.23. The second-order valence-corrected chi connectivity index (χ2v) is 3.34. The Morgan fingerprint density at radius 2 is 1.57 bits per heavy atom. The van der Waals surface area contributed by atoms with Gasteiger partial charge in [-0.1, -0.05) is 33.1 Å². The molecule has 14 heavy (non-hydrogen) atoms. The SMILES string of the molecule is CCCCCC/C(C#N)=C(/C#N)CC. The maximum Gasteiger partial charge on any atom is 0.0957 e. The lowest BCUT2D eigenvalue weighted by molar-refractivity contribution is 0.667. The summed E-state index contributed by atoms with van der Waals surface area (Å²) < 4.78 is 0. The van der Waals surface area contributed by atoms with Gasteiger partial charge in [-0.05, 0) is 19.3 Å². The molecule has 0 aromatic heterocycles. The molecule has 0 rings (SSSR count). The van der Waals surface area contributed by atoms with Gasteiger partial charge in [-0.3, -0.25) is 0 Å². The van der Waals surface area contributed by atoms with Crippen molar-refractivity contribution in [3.8, 4) is 12.1 Å². The molecule has 0 bridgehead atoms. The van der Waals surface area contributed by atoms with E-state index in [4.69, 9.17) is 10.5 Å². The van der Waals surface area contributed by atoms with Crippen LogP contribution in [0.1, 0.15) is 52.4 Å². The largest absolute Gasteiger partial charge is 0.193 e. The third-order valence-electron chi connectivity index (χ3n) is 2.27. The molecule has 0 spiro atoms. The van der Waals surface area contributed by atoms with Gasteiger partial charge >= 0.3 is 0 Å². The smallest absolute Gasteiger partial charge is 0.0957 e. The topological polar surface area (TPSA) is 47.6 Å². The lowest BCUT2D eigenvalue weighted by Gasteiger charge is -2.00. The first kappa shape index (κ1) is 12.7. The van der Waals surface area contributed by atoms with Gasteiger partial charge in [-0.2, -0.15) is 10.5 Å². The van der Waals surface area contributed by atoms with Crippen molar-refractivity contribution in [2.45, 2.75) is 52.4 Å². The highest BCUT2D eigenvalue weighted by Crippen LogP contribution is 2.15. The second-order valence-electron chi connectivity index (χ2n) is 3.34. The van der Waals surface area contributed by atoms with Gasteiger partial charge in [0.15, 0.2) is 0 Å². The Bertz CT molecular complexity index is 263. The minimum Gasteiger partial charge on any atom is -0.193 e. The first-order valence-electron chi connectivity index (χ1n) is 5.32. The molecule has 0 aliphatic rings. The van der Waals surface area contributed by atoms with Crippen LogP contribution in [0.15, 0.2) is 11.1 Å². The molecule has 0 aliphatic heterocycles. The monoisotopic (exact) mass is 190 g/mol. The van der Waals surface area contributed by atoms with Gasteiger partial charge in [0.2, 0.25) is 0 Å². The highest BCUT2D eigenvalue weighted by molar-refractivity contribution is 5.36. The molecule has 0 aromatic rings. The average molecular weight is 190 g/mol. The molecular formula is C12H18N2.